The van der Waals surface area contributed by atoms with Crippen LogP contribution in [-0.4, -0.2) is 29.5 Å². The third kappa shape index (κ3) is 2.78. The van der Waals surface area contributed by atoms with Crippen molar-refractivity contribution >= 4 is 11.6 Å². The lowest BCUT2D eigenvalue weighted by Crippen LogP contribution is -2.42. The number of piperidine rings is 1. The molecule has 2 rings (SSSR count). The van der Waals surface area contributed by atoms with Crippen molar-refractivity contribution in [3.8, 4) is 0 Å². The Labute approximate surface area is 96.6 Å². The van der Waals surface area contributed by atoms with Gasteiger partial charge in [-0.25, -0.2) is 0 Å². The van der Waals surface area contributed by atoms with E-state index in [0.29, 0.717) is 18.8 Å². The van der Waals surface area contributed by atoms with Crippen molar-refractivity contribution in [3.05, 3.63) is 12.1 Å². The van der Waals surface area contributed by atoms with Gasteiger partial charge in [0.1, 0.15) is 5.82 Å². The predicted molar refractivity (Wildman–Crippen MR) is 57.4 cm³/mol. The Bertz CT molecular complexity index is 376. The van der Waals surface area contributed by atoms with Crippen molar-refractivity contribution in [2.45, 2.75) is 19.0 Å². The first kappa shape index (κ1) is 11.9. The molecular weight excluding hydrogens is 233 g/mol. The lowest BCUT2D eigenvalue weighted by atomic mass is 9.97. The third-order valence-corrected chi connectivity index (χ3v) is 2.88. The van der Waals surface area contributed by atoms with Gasteiger partial charge in [-0.2, -0.15) is 13.2 Å². The van der Waals surface area contributed by atoms with E-state index in [0.717, 1.165) is 0 Å². The van der Waals surface area contributed by atoms with E-state index in [4.69, 9.17) is 5.73 Å². The molecule has 2 heterocycles. The Hall–Kier alpha value is -1.53. The van der Waals surface area contributed by atoms with Crippen molar-refractivity contribution in [2.24, 2.45) is 5.92 Å². The molecule has 1 aromatic rings. The minimum absolute atomic E-state index is 0.0535. The number of nitrogens with two attached hydrogens (primary N) is 1. The highest BCUT2D eigenvalue weighted by Crippen LogP contribution is 2.34. The van der Waals surface area contributed by atoms with Gasteiger partial charge in [0, 0.05) is 13.1 Å². The van der Waals surface area contributed by atoms with Gasteiger partial charge in [0.15, 0.2) is 5.82 Å². The van der Waals surface area contributed by atoms with Crippen molar-refractivity contribution in [2.75, 3.05) is 23.7 Å². The van der Waals surface area contributed by atoms with Crippen molar-refractivity contribution in [1.29, 1.82) is 0 Å². The van der Waals surface area contributed by atoms with Crippen molar-refractivity contribution < 1.29 is 13.2 Å². The minimum Gasteiger partial charge on any atom is -0.382 e. The highest BCUT2D eigenvalue weighted by molar-refractivity contribution is 5.41. The number of nitrogens with zero attached hydrogens (tertiary/aromatic N) is 3. The second-order valence-electron chi connectivity index (χ2n) is 4.14. The molecule has 1 aliphatic heterocycles. The first-order valence-corrected chi connectivity index (χ1v) is 5.37. The van der Waals surface area contributed by atoms with Crippen LogP contribution < -0.4 is 10.6 Å². The van der Waals surface area contributed by atoms with Crippen LogP contribution in [0.1, 0.15) is 12.8 Å². The summed E-state index contributed by atoms with van der Waals surface area (Å²) in [5.41, 5.74) is 5.38. The molecule has 0 aliphatic carbocycles. The molecule has 0 saturated carbocycles. The van der Waals surface area contributed by atoms with Crippen LogP contribution in [0.15, 0.2) is 12.1 Å². The monoisotopic (exact) mass is 246 g/mol. The molecule has 1 saturated heterocycles. The number of hydrogen-bond acceptors (Lipinski definition) is 4. The molecule has 7 heteroatoms. The van der Waals surface area contributed by atoms with Crippen LogP contribution in [0, 0.1) is 5.92 Å². The van der Waals surface area contributed by atoms with Crippen LogP contribution in [0.25, 0.3) is 0 Å². The topological polar surface area (TPSA) is 55.0 Å². The zero-order valence-corrected chi connectivity index (χ0v) is 9.11. The highest BCUT2D eigenvalue weighted by atomic mass is 19.4. The van der Waals surface area contributed by atoms with Crippen LogP contribution >= 0.6 is 0 Å². The summed E-state index contributed by atoms with van der Waals surface area (Å²) in [5, 5.41) is 7.45. The lowest BCUT2D eigenvalue weighted by molar-refractivity contribution is -0.176. The minimum atomic E-state index is -4.14. The molecule has 1 fully saturated rings. The number of anilines is 2. The molecule has 1 atom stereocenters. The maximum absolute atomic E-state index is 12.6. The highest BCUT2D eigenvalue weighted by Gasteiger charge is 2.42. The summed E-state index contributed by atoms with van der Waals surface area (Å²) in [7, 11) is 0. The number of aromatic nitrogens is 2. The maximum Gasteiger partial charge on any atom is 0.393 e. The van der Waals surface area contributed by atoms with Crippen LogP contribution in [0.2, 0.25) is 0 Å². The molecule has 94 valence electrons. The number of rotatable bonds is 1. The van der Waals surface area contributed by atoms with Gasteiger partial charge < -0.3 is 10.6 Å². The fourth-order valence-corrected chi connectivity index (χ4v) is 1.96. The van der Waals surface area contributed by atoms with E-state index in [1.807, 2.05) is 0 Å². The summed E-state index contributed by atoms with van der Waals surface area (Å²) < 4.78 is 37.8. The van der Waals surface area contributed by atoms with E-state index in [1.54, 1.807) is 17.0 Å². The normalized spacial score (nSPS) is 21.6. The quantitative estimate of drug-likeness (QED) is 0.821. The van der Waals surface area contributed by atoms with Gasteiger partial charge in [0.05, 0.1) is 5.92 Å². The Balaban J connectivity index is 2.09. The maximum atomic E-state index is 12.6. The van der Waals surface area contributed by atoms with E-state index in [-0.39, 0.29) is 18.8 Å². The van der Waals surface area contributed by atoms with E-state index in [2.05, 4.69) is 10.2 Å². The summed E-state index contributed by atoms with van der Waals surface area (Å²) in [6, 6.07) is 3.14. The molecule has 4 nitrogen and oxygen atoms in total. The standard InChI is InChI=1S/C10H13F3N4/c11-10(12,13)7-2-1-5-17(6-7)9-4-3-8(14)15-16-9/h3-4,7H,1-2,5-6H2,(H2,14,15). The molecule has 0 spiro atoms. The van der Waals surface area contributed by atoms with E-state index < -0.39 is 12.1 Å². The molecule has 0 radical (unpaired) electrons. The summed E-state index contributed by atoms with van der Waals surface area (Å²) in [6.07, 6.45) is -3.45. The molecule has 1 unspecified atom stereocenters. The van der Waals surface area contributed by atoms with Crippen molar-refractivity contribution in [1.82, 2.24) is 10.2 Å². The first-order valence-electron chi connectivity index (χ1n) is 5.37. The fraction of sp³-hybridized carbons (Fsp3) is 0.600. The number of alkyl halides is 3. The van der Waals surface area contributed by atoms with Gasteiger partial charge in [0.25, 0.3) is 0 Å². The second kappa shape index (κ2) is 4.38. The molecule has 2 N–H and O–H groups in total. The summed E-state index contributed by atoms with van der Waals surface area (Å²) in [5.74, 6) is -0.568. The molecule has 0 bridgehead atoms. The molecule has 0 aromatic carbocycles. The third-order valence-electron chi connectivity index (χ3n) is 2.88. The first-order chi connectivity index (χ1) is 7.97. The predicted octanol–water partition coefficient (Wildman–Crippen LogP) is 1.84. The van der Waals surface area contributed by atoms with E-state index >= 15 is 0 Å². The van der Waals surface area contributed by atoms with Crippen molar-refractivity contribution in [3.63, 3.8) is 0 Å². The molecule has 1 aromatic heterocycles. The Morgan fingerprint density at radius 3 is 2.65 bits per heavy atom. The zero-order valence-electron chi connectivity index (χ0n) is 9.11. The Morgan fingerprint density at radius 1 is 1.29 bits per heavy atom. The second-order valence-corrected chi connectivity index (χ2v) is 4.14. The number of nitrogen functional groups attached to an aromatic ring is 1. The van der Waals surface area contributed by atoms with Gasteiger partial charge in [-0.15, -0.1) is 10.2 Å². The average Bonchev–Trinajstić information content (AvgIpc) is 2.29. The average molecular weight is 246 g/mol. The smallest absolute Gasteiger partial charge is 0.382 e. The van der Waals surface area contributed by atoms with Crippen LogP contribution in [0.3, 0.4) is 0 Å². The van der Waals surface area contributed by atoms with Gasteiger partial charge in [0.2, 0.25) is 0 Å². The van der Waals surface area contributed by atoms with Crippen LogP contribution in [-0.2, 0) is 0 Å². The molecule has 17 heavy (non-hydrogen) atoms. The van der Waals surface area contributed by atoms with Gasteiger partial charge >= 0.3 is 6.18 Å². The molecular formula is C10H13F3N4. The summed E-state index contributed by atoms with van der Waals surface area (Å²) in [6.45, 7) is 0.521. The Morgan fingerprint density at radius 2 is 2.06 bits per heavy atom. The number of hydrogen-bond donors (Lipinski definition) is 1. The van der Waals surface area contributed by atoms with Gasteiger partial charge in [-0.1, -0.05) is 0 Å². The largest absolute Gasteiger partial charge is 0.393 e. The molecule has 1 aliphatic rings. The zero-order chi connectivity index (χ0) is 12.5. The van der Waals surface area contributed by atoms with Crippen LogP contribution in [0.4, 0.5) is 24.8 Å². The lowest BCUT2D eigenvalue weighted by Gasteiger charge is -2.34. The summed E-state index contributed by atoms with van der Waals surface area (Å²) in [4.78, 5) is 1.61. The molecule has 0 amide bonds. The number of halogens is 3. The van der Waals surface area contributed by atoms with Gasteiger partial charge in [-0.3, -0.25) is 0 Å². The summed E-state index contributed by atoms with van der Waals surface area (Å²) >= 11 is 0. The van der Waals surface area contributed by atoms with Gasteiger partial charge in [-0.05, 0) is 25.0 Å². The fourth-order valence-electron chi connectivity index (χ4n) is 1.96. The Kier molecular flexibility index (Phi) is 3.08. The van der Waals surface area contributed by atoms with E-state index in [9.17, 15) is 13.2 Å². The van der Waals surface area contributed by atoms with Crippen LogP contribution in [0.5, 0.6) is 0 Å². The SMILES string of the molecule is Nc1ccc(N2CCCC(C(F)(F)F)C2)nn1. The van der Waals surface area contributed by atoms with E-state index in [1.165, 1.54) is 0 Å².